The summed E-state index contributed by atoms with van der Waals surface area (Å²) < 4.78 is 26.4. The second kappa shape index (κ2) is 14.0. The lowest BCUT2D eigenvalue weighted by Gasteiger charge is -2.34. The Morgan fingerprint density at radius 1 is 1.10 bits per heavy atom. The van der Waals surface area contributed by atoms with Crippen LogP contribution in [-0.4, -0.2) is 96.7 Å². The number of ether oxygens (including phenoxy) is 4. The van der Waals surface area contributed by atoms with Crippen molar-refractivity contribution < 1.29 is 28.5 Å². The molecule has 8 rings (SSSR count). The average Bonchev–Trinajstić information content (AvgIpc) is 3.75. The van der Waals surface area contributed by atoms with Crippen molar-refractivity contribution in [3.8, 4) is 28.3 Å². The van der Waals surface area contributed by atoms with Gasteiger partial charge in [-0.15, -0.1) is 11.3 Å². The summed E-state index contributed by atoms with van der Waals surface area (Å²) in [5.74, 6) is 0.154. The third kappa shape index (κ3) is 6.55. The van der Waals surface area contributed by atoms with Crippen molar-refractivity contribution in [2.24, 2.45) is 11.1 Å². The SMILES string of the molecule is CO[C@@H](C)c1ncc(N2CCOCC2)cc1-c1c2c3cc(cc4c3n1CCO4)-c1csc(n1)C[C@H](N)C(=O)N1CCC[C@H](N1)C(=O)OCC(C)(C)C2. The minimum Gasteiger partial charge on any atom is -0.489 e. The van der Waals surface area contributed by atoms with Crippen LogP contribution in [0.5, 0.6) is 5.75 Å². The molecule has 4 aliphatic rings. The number of carbonyl (C=O) groups is 2. The summed E-state index contributed by atoms with van der Waals surface area (Å²) in [6.45, 7) is 11.0. The number of nitrogens with zero attached hydrogens (tertiary/aromatic N) is 5. The summed E-state index contributed by atoms with van der Waals surface area (Å²) in [5, 5.41) is 5.33. The topological polar surface area (TPSA) is 146 Å². The lowest BCUT2D eigenvalue weighted by Crippen LogP contribution is -2.59. The highest BCUT2D eigenvalue weighted by molar-refractivity contribution is 7.10. The van der Waals surface area contributed by atoms with Gasteiger partial charge in [0.05, 0.1) is 78.0 Å². The first-order valence-corrected chi connectivity index (χ1v) is 19.1. The number of anilines is 1. The number of methoxy groups -OCH3 is 1. The lowest BCUT2D eigenvalue weighted by molar-refractivity contribution is -0.154. The van der Waals surface area contributed by atoms with Gasteiger partial charge in [0.2, 0.25) is 0 Å². The normalized spacial score (nSPS) is 22.9. The molecule has 1 aromatic carbocycles. The minimum atomic E-state index is -0.806. The average molecular weight is 730 g/mol. The molecule has 13 nitrogen and oxygen atoms in total. The predicted molar refractivity (Wildman–Crippen MR) is 198 cm³/mol. The molecule has 0 saturated carbocycles. The molecular formula is C38H47N7O6S. The molecule has 3 N–H and O–H groups in total. The molecule has 4 aliphatic heterocycles. The Hall–Kier alpha value is -4.08. The standard InChI is InChI=1S/C38H47N7O6S/c1-22(48-4)33-26(16-24(19-40-33)43-8-11-49-12-9-43)34-27-18-38(2,3)21-51-37(47)29-6-5-7-45(42-29)36(46)28(39)17-32-41-30(20-52-32)23-14-25(27)35-31(15-23)50-13-10-44(34)35/h14-16,19-20,22,28-29,42H,5-13,17-18,21,39H2,1-4H3/t22-,28-,29-/m0/s1. The molecule has 6 bridgehead atoms. The highest BCUT2D eigenvalue weighted by Gasteiger charge is 2.35. The van der Waals surface area contributed by atoms with E-state index in [1.807, 2.05) is 18.5 Å². The van der Waals surface area contributed by atoms with Crippen molar-refractivity contribution in [1.82, 2.24) is 25.0 Å². The number of hydrogen-bond donors (Lipinski definition) is 2. The van der Waals surface area contributed by atoms with E-state index in [4.69, 9.17) is 34.6 Å². The van der Waals surface area contributed by atoms with Crippen molar-refractivity contribution in [3.63, 3.8) is 0 Å². The number of aromatic nitrogens is 3. The van der Waals surface area contributed by atoms with Gasteiger partial charge in [0.25, 0.3) is 5.91 Å². The first-order chi connectivity index (χ1) is 25.1. The fourth-order valence-corrected chi connectivity index (χ4v) is 8.71. The van der Waals surface area contributed by atoms with Crippen molar-refractivity contribution >= 4 is 39.8 Å². The summed E-state index contributed by atoms with van der Waals surface area (Å²) in [5.41, 5.74) is 16.9. The molecule has 276 valence electrons. The Kier molecular flexibility index (Phi) is 9.45. The monoisotopic (exact) mass is 729 g/mol. The number of pyridine rings is 1. The molecule has 0 aliphatic carbocycles. The molecule has 0 radical (unpaired) electrons. The van der Waals surface area contributed by atoms with Crippen LogP contribution < -0.4 is 20.8 Å². The van der Waals surface area contributed by atoms with Crippen LogP contribution in [0, 0.1) is 5.41 Å². The number of fused-ring (bicyclic) bond motifs is 6. The van der Waals surface area contributed by atoms with Crippen molar-refractivity contribution in [2.75, 3.05) is 58.1 Å². The Morgan fingerprint density at radius 3 is 2.73 bits per heavy atom. The number of benzene rings is 1. The van der Waals surface area contributed by atoms with E-state index in [0.717, 1.165) is 74.2 Å². The van der Waals surface area contributed by atoms with E-state index >= 15 is 0 Å². The molecule has 4 aromatic rings. The highest BCUT2D eigenvalue weighted by atomic mass is 32.1. The fraction of sp³-hybridized carbons (Fsp3) is 0.526. The fourth-order valence-electron chi connectivity index (χ4n) is 7.84. The number of nitrogens with two attached hydrogens (primary N) is 1. The number of thiazole rings is 1. The summed E-state index contributed by atoms with van der Waals surface area (Å²) in [4.78, 5) is 39.3. The quantitative estimate of drug-likeness (QED) is 0.291. The van der Waals surface area contributed by atoms with Crippen LogP contribution >= 0.6 is 11.3 Å². The molecule has 14 heteroatoms. The zero-order valence-corrected chi connectivity index (χ0v) is 31.1. The van der Waals surface area contributed by atoms with Gasteiger partial charge in [-0.25, -0.2) is 10.4 Å². The largest absolute Gasteiger partial charge is 0.489 e. The van der Waals surface area contributed by atoms with Crippen LogP contribution in [0.4, 0.5) is 5.69 Å². The van der Waals surface area contributed by atoms with Crippen LogP contribution in [0.15, 0.2) is 29.8 Å². The molecule has 3 aromatic heterocycles. The predicted octanol–water partition coefficient (Wildman–Crippen LogP) is 4.25. The smallest absolute Gasteiger partial charge is 0.324 e. The van der Waals surface area contributed by atoms with Crippen LogP contribution in [0.3, 0.4) is 0 Å². The Morgan fingerprint density at radius 2 is 1.92 bits per heavy atom. The van der Waals surface area contributed by atoms with Gasteiger partial charge in [-0.05, 0) is 49.9 Å². The second-order valence-corrected chi connectivity index (χ2v) is 15.9. The van der Waals surface area contributed by atoms with Crippen LogP contribution in [0.1, 0.15) is 56.0 Å². The van der Waals surface area contributed by atoms with Gasteiger partial charge >= 0.3 is 5.97 Å². The number of hydrogen-bond acceptors (Lipinski definition) is 12. The van der Waals surface area contributed by atoms with E-state index in [1.165, 1.54) is 16.3 Å². The van der Waals surface area contributed by atoms with Crippen molar-refractivity contribution in [2.45, 2.75) is 71.2 Å². The molecule has 1 amide bonds. The minimum absolute atomic E-state index is 0.190. The molecular weight excluding hydrogens is 683 g/mol. The van der Waals surface area contributed by atoms with Crippen molar-refractivity contribution in [3.05, 3.63) is 46.0 Å². The number of hydrazine groups is 1. The van der Waals surface area contributed by atoms with E-state index in [9.17, 15) is 9.59 Å². The maximum Gasteiger partial charge on any atom is 0.324 e. The highest BCUT2D eigenvalue weighted by Crippen LogP contribution is 2.46. The molecule has 0 spiro atoms. The summed E-state index contributed by atoms with van der Waals surface area (Å²) in [6.07, 6.45) is 3.82. The van der Waals surface area contributed by atoms with Gasteiger partial charge in [-0.1, -0.05) is 13.8 Å². The Labute approximate surface area is 307 Å². The Balaban J connectivity index is 1.32. The lowest BCUT2D eigenvalue weighted by atomic mass is 9.84. The molecule has 3 atom stereocenters. The van der Waals surface area contributed by atoms with Crippen molar-refractivity contribution in [1.29, 1.82) is 0 Å². The molecule has 0 unspecified atom stereocenters. The van der Waals surface area contributed by atoms with Gasteiger partial charge in [-0.2, -0.15) is 0 Å². The number of morpholine rings is 1. The van der Waals surface area contributed by atoms with Gasteiger partial charge in [0.15, 0.2) is 0 Å². The first kappa shape index (κ1) is 35.0. The van der Waals surface area contributed by atoms with E-state index in [-0.39, 0.29) is 31.0 Å². The summed E-state index contributed by atoms with van der Waals surface area (Å²) >= 11 is 1.49. The number of amides is 1. The molecule has 7 heterocycles. The number of cyclic esters (lactones) is 1. The molecule has 52 heavy (non-hydrogen) atoms. The first-order valence-electron chi connectivity index (χ1n) is 18.2. The second-order valence-electron chi connectivity index (χ2n) is 15.0. The van der Waals surface area contributed by atoms with Gasteiger partial charge in [0, 0.05) is 60.5 Å². The maximum atomic E-state index is 13.5. The van der Waals surface area contributed by atoms with Gasteiger partial charge < -0.3 is 34.1 Å². The van der Waals surface area contributed by atoms with Gasteiger partial charge in [-0.3, -0.25) is 19.6 Å². The zero-order valence-electron chi connectivity index (χ0n) is 30.3. The number of esters is 1. The van der Waals surface area contributed by atoms with E-state index in [0.29, 0.717) is 52.2 Å². The number of rotatable bonds is 4. The molecule has 2 saturated heterocycles. The summed E-state index contributed by atoms with van der Waals surface area (Å²) in [6, 6.07) is 5.09. The maximum absolute atomic E-state index is 13.5. The number of nitrogens with one attached hydrogen (secondary N) is 1. The van der Waals surface area contributed by atoms with E-state index in [1.54, 1.807) is 7.11 Å². The van der Waals surface area contributed by atoms with Crippen LogP contribution in [-0.2, 0) is 43.2 Å². The third-order valence-electron chi connectivity index (χ3n) is 10.6. The zero-order chi connectivity index (χ0) is 36.1. The Bertz CT molecular complexity index is 2000. The van der Waals surface area contributed by atoms with Crippen LogP contribution in [0.25, 0.3) is 33.4 Å². The molecule has 2 fully saturated rings. The number of carbonyl (C=O) groups excluding carboxylic acids is 2. The third-order valence-corrected chi connectivity index (χ3v) is 11.5. The van der Waals surface area contributed by atoms with E-state index < -0.39 is 17.5 Å². The van der Waals surface area contributed by atoms with Gasteiger partial charge in [0.1, 0.15) is 18.4 Å². The van der Waals surface area contributed by atoms with E-state index in [2.05, 4.69) is 46.9 Å². The summed E-state index contributed by atoms with van der Waals surface area (Å²) in [7, 11) is 1.71. The van der Waals surface area contributed by atoms with Crippen LogP contribution in [0.2, 0.25) is 0 Å².